The second-order valence-corrected chi connectivity index (χ2v) is 14.9. The van der Waals surface area contributed by atoms with Gasteiger partial charge in [-0.2, -0.15) is 5.10 Å². The van der Waals surface area contributed by atoms with Crippen LogP contribution in [0.3, 0.4) is 0 Å². The molecule has 0 unspecified atom stereocenters. The van der Waals surface area contributed by atoms with Gasteiger partial charge in [-0.25, -0.2) is 4.98 Å². The Kier molecular flexibility index (Phi) is 6.02. The molecule has 0 amide bonds. The molecule has 0 spiro atoms. The maximum absolute atomic E-state index is 5.19. The van der Waals surface area contributed by atoms with Crippen LogP contribution in [0.5, 0.6) is 0 Å². The van der Waals surface area contributed by atoms with Crippen LogP contribution < -0.4 is 10.6 Å². The molecule has 238 valence electrons. The van der Waals surface area contributed by atoms with Crippen molar-refractivity contribution in [1.82, 2.24) is 29.3 Å². The summed E-state index contributed by atoms with van der Waals surface area (Å²) >= 11 is 0. The van der Waals surface area contributed by atoms with Crippen LogP contribution in [0.25, 0.3) is 88.8 Å². The molecule has 0 saturated heterocycles. The van der Waals surface area contributed by atoms with Crippen LogP contribution in [-0.4, -0.2) is 38.8 Å². The first kappa shape index (κ1) is 28.2. The minimum atomic E-state index is -0.881. The predicted molar refractivity (Wildman–Crippen MR) is 210 cm³/mol. The average Bonchev–Trinajstić information content (AvgIpc) is 3.85. The van der Waals surface area contributed by atoms with Gasteiger partial charge in [0.05, 0.1) is 33.1 Å². The normalized spacial score (nSPS) is 12.7. The Balaban J connectivity index is 1.01. The summed E-state index contributed by atoms with van der Waals surface area (Å²) in [6.45, 7) is 0. The number of aromatic nitrogens is 6. The number of hydrogen-bond acceptors (Lipinski definition) is 4. The summed E-state index contributed by atoms with van der Waals surface area (Å²) in [7, 11) is -0.881. The van der Waals surface area contributed by atoms with Crippen molar-refractivity contribution in [2.75, 3.05) is 0 Å². The first-order valence-electron chi connectivity index (χ1n) is 17.2. The summed E-state index contributed by atoms with van der Waals surface area (Å²) in [5.41, 5.74) is 12.1. The zero-order valence-corrected chi connectivity index (χ0v) is 28.8. The molecule has 11 rings (SSSR count). The third-order valence-corrected chi connectivity index (χ3v) is 12.0. The number of hydrogen-bond donors (Lipinski definition) is 0. The van der Waals surface area contributed by atoms with Gasteiger partial charge in [-0.15, -0.1) is 5.10 Å². The van der Waals surface area contributed by atoms with Crippen molar-refractivity contribution in [1.29, 1.82) is 0 Å². The van der Waals surface area contributed by atoms with Crippen LogP contribution in [0.1, 0.15) is 0 Å². The van der Waals surface area contributed by atoms with Crippen molar-refractivity contribution in [2.45, 2.75) is 0 Å². The van der Waals surface area contributed by atoms with E-state index < -0.39 is 9.52 Å². The van der Waals surface area contributed by atoms with E-state index in [1.165, 1.54) is 38.1 Å². The Morgan fingerprint density at radius 2 is 0.980 bits per heavy atom. The molecule has 6 nitrogen and oxygen atoms in total. The van der Waals surface area contributed by atoms with Crippen LogP contribution in [0.4, 0.5) is 0 Å². The average molecular weight is 669 g/mol. The standard InChI is InChI=1S/C44H28N6Si/c1-3-11-30(12-4-1)49-37-17-9-7-15-32(37)34-23-27(19-21-39(34)49)29-25-36-41-44(51-43(36)45-26-29)48-47-42(46-41)28-20-22-40-35(24-28)33-16-8-10-18-38(33)50(40)31-13-5-2-6-14-31/h1-26H,51H2. The third kappa shape index (κ3) is 4.28. The summed E-state index contributed by atoms with van der Waals surface area (Å²) in [4.78, 5) is 10.2. The molecule has 0 bridgehead atoms. The van der Waals surface area contributed by atoms with Crippen molar-refractivity contribution in [3.8, 4) is 45.1 Å². The van der Waals surface area contributed by atoms with E-state index in [9.17, 15) is 0 Å². The second kappa shape index (κ2) is 10.9. The number of benzene rings is 6. The first-order chi connectivity index (χ1) is 25.3. The molecule has 10 aromatic rings. The monoisotopic (exact) mass is 668 g/mol. The van der Waals surface area contributed by atoms with Crippen molar-refractivity contribution in [3.63, 3.8) is 0 Å². The molecule has 1 aliphatic heterocycles. The zero-order chi connectivity index (χ0) is 33.5. The van der Waals surface area contributed by atoms with Crippen LogP contribution in [0, 0.1) is 0 Å². The van der Waals surface area contributed by atoms with Crippen LogP contribution >= 0.6 is 0 Å². The Morgan fingerprint density at radius 1 is 0.431 bits per heavy atom. The van der Waals surface area contributed by atoms with Crippen molar-refractivity contribution >= 4 is 63.8 Å². The van der Waals surface area contributed by atoms with Gasteiger partial charge < -0.3 is 9.13 Å². The minimum absolute atomic E-state index is 0.634. The van der Waals surface area contributed by atoms with E-state index in [4.69, 9.17) is 15.1 Å². The lowest BCUT2D eigenvalue weighted by atomic mass is 10.0. The topological polar surface area (TPSA) is 61.4 Å². The van der Waals surface area contributed by atoms with Crippen LogP contribution in [0.2, 0.25) is 0 Å². The molecule has 0 fully saturated rings. The second-order valence-electron chi connectivity index (χ2n) is 13.2. The lowest BCUT2D eigenvalue weighted by Gasteiger charge is -2.09. The SMILES string of the molecule is c1ccc(-n2c3ccccc3c3cc(-c4cnc5c(c4)-c4nc(-c6ccc7c(c6)c6ccccc6n7-c6ccccc6)nnc4[SiH2]5)ccc32)cc1. The fourth-order valence-electron chi connectivity index (χ4n) is 7.94. The molecule has 0 radical (unpaired) electrons. The Morgan fingerprint density at radius 3 is 1.63 bits per heavy atom. The first-order valence-corrected chi connectivity index (χ1v) is 18.6. The number of pyridine rings is 1. The molecule has 1 aliphatic rings. The van der Waals surface area contributed by atoms with Crippen molar-refractivity contribution in [2.24, 2.45) is 0 Å². The highest BCUT2D eigenvalue weighted by molar-refractivity contribution is 6.71. The molecule has 0 atom stereocenters. The molecule has 0 saturated carbocycles. The summed E-state index contributed by atoms with van der Waals surface area (Å²) in [5, 5.41) is 16.4. The van der Waals surface area contributed by atoms with Gasteiger partial charge in [-0.1, -0.05) is 78.9 Å². The van der Waals surface area contributed by atoms with Gasteiger partial charge in [-0.3, -0.25) is 4.98 Å². The summed E-state index contributed by atoms with van der Waals surface area (Å²) in [5.74, 6) is 0.634. The molecule has 4 aromatic heterocycles. The van der Waals surface area contributed by atoms with Gasteiger partial charge in [0, 0.05) is 61.1 Å². The van der Waals surface area contributed by atoms with E-state index >= 15 is 0 Å². The highest BCUT2D eigenvalue weighted by Crippen LogP contribution is 2.37. The molecule has 0 N–H and O–H groups in total. The maximum atomic E-state index is 5.19. The van der Waals surface area contributed by atoms with Crippen LogP contribution in [0.15, 0.2) is 158 Å². The quantitative estimate of drug-likeness (QED) is 0.179. The third-order valence-electron chi connectivity index (χ3n) is 10.3. The van der Waals surface area contributed by atoms with E-state index in [0.717, 1.165) is 55.5 Å². The van der Waals surface area contributed by atoms with E-state index in [1.54, 1.807) is 0 Å². The number of rotatable bonds is 4. The highest BCUT2D eigenvalue weighted by atomic mass is 28.2. The van der Waals surface area contributed by atoms with Crippen molar-refractivity contribution in [3.05, 3.63) is 158 Å². The Labute approximate surface area is 295 Å². The van der Waals surface area contributed by atoms with Gasteiger partial charge in [0.2, 0.25) is 0 Å². The lowest BCUT2D eigenvalue weighted by Crippen LogP contribution is -2.26. The number of nitrogens with zero attached hydrogens (tertiary/aromatic N) is 6. The summed E-state index contributed by atoms with van der Waals surface area (Å²) in [6, 6.07) is 53.8. The number of fused-ring (bicyclic) bond motifs is 9. The van der Waals surface area contributed by atoms with E-state index in [1.807, 2.05) is 6.20 Å². The smallest absolute Gasteiger partial charge is 0.182 e. The Hall–Kier alpha value is -6.70. The van der Waals surface area contributed by atoms with Gasteiger partial charge in [0.15, 0.2) is 5.82 Å². The largest absolute Gasteiger partial charge is 0.309 e. The Bertz CT molecular complexity index is 2800. The fraction of sp³-hybridized carbons (Fsp3) is 0. The molecular weight excluding hydrogens is 641 g/mol. The van der Waals surface area contributed by atoms with Gasteiger partial charge in [0.25, 0.3) is 0 Å². The summed E-state index contributed by atoms with van der Waals surface area (Å²) < 4.78 is 4.67. The molecule has 5 heterocycles. The lowest BCUT2D eigenvalue weighted by molar-refractivity contribution is 1.01. The van der Waals surface area contributed by atoms with Crippen molar-refractivity contribution < 1.29 is 0 Å². The molecule has 0 aliphatic carbocycles. The van der Waals surface area contributed by atoms with E-state index in [-0.39, 0.29) is 0 Å². The number of para-hydroxylation sites is 4. The highest BCUT2D eigenvalue weighted by Gasteiger charge is 2.26. The summed E-state index contributed by atoms with van der Waals surface area (Å²) in [6.07, 6.45) is 2.01. The fourth-order valence-corrected chi connectivity index (χ4v) is 9.47. The predicted octanol–water partition coefficient (Wildman–Crippen LogP) is 7.89. The zero-order valence-electron chi connectivity index (χ0n) is 27.4. The van der Waals surface area contributed by atoms with E-state index in [0.29, 0.717) is 5.82 Å². The van der Waals surface area contributed by atoms with E-state index in [2.05, 4.69) is 166 Å². The molecular formula is C44H28N6Si. The molecule has 6 aromatic carbocycles. The molecule has 7 heteroatoms. The van der Waals surface area contributed by atoms with Gasteiger partial charge in [0.1, 0.15) is 9.52 Å². The minimum Gasteiger partial charge on any atom is -0.309 e. The maximum Gasteiger partial charge on any atom is 0.182 e. The van der Waals surface area contributed by atoms with Crippen LogP contribution in [-0.2, 0) is 0 Å². The molecule has 51 heavy (non-hydrogen) atoms. The van der Waals surface area contributed by atoms with Gasteiger partial charge in [-0.05, 0) is 78.4 Å². The van der Waals surface area contributed by atoms with Gasteiger partial charge >= 0.3 is 0 Å².